The molecule has 28 heavy (non-hydrogen) atoms. The maximum Gasteiger partial charge on any atom is 0.223 e. The van der Waals surface area contributed by atoms with Gasteiger partial charge in [0.25, 0.3) is 0 Å². The summed E-state index contributed by atoms with van der Waals surface area (Å²) in [6, 6.07) is 3.94. The van der Waals surface area contributed by atoms with Crippen LogP contribution < -0.4 is 16.0 Å². The monoisotopic (exact) mass is 508 g/mol. The molecule has 1 aromatic carbocycles. The van der Waals surface area contributed by atoms with E-state index in [2.05, 4.69) is 20.9 Å². The van der Waals surface area contributed by atoms with Crippen molar-refractivity contribution in [1.29, 1.82) is 0 Å². The van der Waals surface area contributed by atoms with Crippen molar-refractivity contribution in [2.75, 3.05) is 13.6 Å². The summed E-state index contributed by atoms with van der Waals surface area (Å²) in [6.07, 6.45) is 4.08. The van der Waals surface area contributed by atoms with Crippen LogP contribution in [0.25, 0.3) is 0 Å². The highest BCUT2D eigenvalue weighted by atomic mass is 127. The number of carbonyl (C=O) groups is 1. The van der Waals surface area contributed by atoms with Crippen LogP contribution in [0, 0.1) is 17.6 Å². The number of hydrogen-bond donors (Lipinski definition) is 3. The second-order valence-electron chi connectivity index (χ2n) is 7.35. The molecule has 0 heterocycles. The average molecular weight is 508 g/mol. The third kappa shape index (κ3) is 7.89. The molecule has 0 saturated heterocycles. The van der Waals surface area contributed by atoms with Crippen molar-refractivity contribution in [3.05, 3.63) is 35.4 Å². The minimum absolute atomic E-state index is 0. The number of benzene rings is 1. The van der Waals surface area contributed by atoms with Gasteiger partial charge in [-0.05, 0) is 51.2 Å². The molecule has 0 aliphatic heterocycles. The van der Waals surface area contributed by atoms with Gasteiger partial charge in [0.05, 0.1) is 0 Å². The van der Waals surface area contributed by atoms with E-state index in [0.29, 0.717) is 24.5 Å². The van der Waals surface area contributed by atoms with Crippen molar-refractivity contribution in [3.63, 3.8) is 0 Å². The van der Waals surface area contributed by atoms with Crippen molar-refractivity contribution in [3.8, 4) is 0 Å². The Morgan fingerprint density at radius 3 is 2.68 bits per heavy atom. The Bertz CT molecular complexity index is 670. The number of nitrogens with one attached hydrogen (secondary N) is 3. The smallest absolute Gasteiger partial charge is 0.223 e. The fraction of sp³-hybridized carbons (Fsp3) is 0.600. The van der Waals surface area contributed by atoms with Gasteiger partial charge in [-0.25, -0.2) is 8.78 Å². The molecule has 0 aromatic heterocycles. The number of aliphatic imine (C=N–C) groups is 1. The van der Waals surface area contributed by atoms with Crippen LogP contribution in [-0.2, 0) is 11.2 Å². The first kappa shape index (κ1) is 24.6. The van der Waals surface area contributed by atoms with Crippen molar-refractivity contribution in [2.24, 2.45) is 10.9 Å². The van der Waals surface area contributed by atoms with E-state index in [9.17, 15) is 13.6 Å². The van der Waals surface area contributed by atoms with E-state index in [4.69, 9.17) is 0 Å². The second kappa shape index (κ2) is 12.2. The molecule has 3 N–H and O–H groups in total. The lowest BCUT2D eigenvalue weighted by Crippen LogP contribution is -2.47. The molecule has 8 heteroatoms. The van der Waals surface area contributed by atoms with Crippen LogP contribution >= 0.6 is 24.0 Å². The zero-order chi connectivity index (χ0) is 19.8. The van der Waals surface area contributed by atoms with E-state index < -0.39 is 11.6 Å². The average Bonchev–Trinajstić information content (AvgIpc) is 2.62. The number of halogens is 3. The lowest BCUT2D eigenvalue weighted by molar-refractivity contribution is -0.126. The van der Waals surface area contributed by atoms with Crippen LogP contribution in [-0.4, -0.2) is 37.5 Å². The van der Waals surface area contributed by atoms with Gasteiger partial charge in [0.1, 0.15) is 11.6 Å². The quantitative estimate of drug-likeness (QED) is 0.314. The molecule has 1 saturated carbocycles. The summed E-state index contributed by atoms with van der Waals surface area (Å²) >= 11 is 0. The Morgan fingerprint density at radius 2 is 2.04 bits per heavy atom. The van der Waals surface area contributed by atoms with Gasteiger partial charge < -0.3 is 16.0 Å². The molecule has 158 valence electrons. The Labute approximate surface area is 183 Å². The molecule has 2 rings (SSSR count). The first-order chi connectivity index (χ1) is 12.9. The van der Waals surface area contributed by atoms with Gasteiger partial charge in [-0.15, -0.1) is 24.0 Å². The van der Waals surface area contributed by atoms with Crippen LogP contribution in [0.4, 0.5) is 8.78 Å². The molecule has 0 bridgehead atoms. The molecule has 5 nitrogen and oxygen atoms in total. The SMILES string of the molecule is CN=C(NCCc1ccc(F)cc1F)NC1CCCC(C(=O)NC(C)C)C1.I. The summed E-state index contributed by atoms with van der Waals surface area (Å²) in [7, 11) is 1.68. The molecule has 0 radical (unpaired) electrons. The predicted molar refractivity (Wildman–Crippen MR) is 119 cm³/mol. The molecule has 1 amide bonds. The van der Waals surface area contributed by atoms with Crippen LogP contribution in [0.2, 0.25) is 0 Å². The Morgan fingerprint density at radius 1 is 1.29 bits per heavy atom. The number of carbonyl (C=O) groups excluding carboxylic acids is 1. The van der Waals surface area contributed by atoms with Crippen molar-refractivity contribution < 1.29 is 13.6 Å². The van der Waals surface area contributed by atoms with Gasteiger partial charge in [-0.2, -0.15) is 0 Å². The second-order valence-corrected chi connectivity index (χ2v) is 7.35. The Kier molecular flexibility index (Phi) is 10.7. The molecular formula is C20H31F2IN4O. The van der Waals surface area contributed by atoms with Crippen molar-refractivity contribution >= 4 is 35.8 Å². The molecule has 1 aliphatic rings. The summed E-state index contributed by atoms with van der Waals surface area (Å²) in [6.45, 7) is 4.41. The van der Waals surface area contributed by atoms with Crippen LogP contribution in [0.15, 0.2) is 23.2 Å². The van der Waals surface area contributed by atoms with E-state index in [1.165, 1.54) is 12.1 Å². The highest BCUT2D eigenvalue weighted by Crippen LogP contribution is 2.24. The van der Waals surface area contributed by atoms with Gasteiger partial charge in [0.2, 0.25) is 5.91 Å². The standard InChI is InChI=1S/C20H30F2N4O.HI/c1-13(2)25-19(27)15-5-4-6-17(11-15)26-20(23-3)24-10-9-14-7-8-16(21)12-18(14)22;/h7-8,12-13,15,17H,4-6,9-11H2,1-3H3,(H,25,27)(H2,23,24,26);1H. The largest absolute Gasteiger partial charge is 0.356 e. The first-order valence-corrected chi connectivity index (χ1v) is 9.60. The van der Waals surface area contributed by atoms with Crippen LogP contribution in [0.3, 0.4) is 0 Å². The maximum absolute atomic E-state index is 13.7. The van der Waals surface area contributed by atoms with Gasteiger partial charge in [-0.3, -0.25) is 9.79 Å². The Hall–Kier alpha value is -1.45. The number of hydrogen-bond acceptors (Lipinski definition) is 2. The topological polar surface area (TPSA) is 65.5 Å². The normalized spacial score (nSPS) is 19.7. The van der Waals surface area contributed by atoms with Gasteiger partial charge in [0.15, 0.2) is 5.96 Å². The number of nitrogens with zero attached hydrogens (tertiary/aromatic N) is 1. The molecule has 0 spiro atoms. The third-order valence-corrected chi connectivity index (χ3v) is 4.74. The first-order valence-electron chi connectivity index (χ1n) is 9.60. The summed E-state index contributed by atoms with van der Waals surface area (Å²) < 4.78 is 26.6. The van der Waals surface area contributed by atoms with E-state index in [0.717, 1.165) is 31.7 Å². The van der Waals surface area contributed by atoms with Gasteiger partial charge >= 0.3 is 0 Å². The lowest BCUT2D eigenvalue weighted by Gasteiger charge is -2.30. The number of guanidine groups is 1. The fourth-order valence-corrected chi connectivity index (χ4v) is 3.39. The highest BCUT2D eigenvalue weighted by molar-refractivity contribution is 14.0. The maximum atomic E-state index is 13.7. The summed E-state index contributed by atoms with van der Waals surface area (Å²) in [5.74, 6) is -0.343. The molecule has 1 aliphatic carbocycles. The molecule has 2 unspecified atom stereocenters. The molecule has 1 fully saturated rings. The Balaban J connectivity index is 0.00000392. The van der Waals surface area contributed by atoms with E-state index in [1.807, 2.05) is 13.8 Å². The van der Waals surface area contributed by atoms with Gasteiger partial charge in [-0.1, -0.05) is 12.5 Å². The van der Waals surface area contributed by atoms with Crippen molar-refractivity contribution in [2.45, 2.75) is 58.0 Å². The van der Waals surface area contributed by atoms with E-state index >= 15 is 0 Å². The summed E-state index contributed by atoms with van der Waals surface area (Å²) in [5.41, 5.74) is 0.461. The number of amides is 1. The minimum atomic E-state index is -0.574. The minimum Gasteiger partial charge on any atom is -0.356 e. The third-order valence-electron chi connectivity index (χ3n) is 4.74. The molecular weight excluding hydrogens is 477 g/mol. The fourth-order valence-electron chi connectivity index (χ4n) is 3.39. The molecule has 1 aromatic rings. The van der Waals surface area contributed by atoms with Crippen LogP contribution in [0.5, 0.6) is 0 Å². The van der Waals surface area contributed by atoms with E-state index in [-0.39, 0.29) is 47.9 Å². The lowest BCUT2D eigenvalue weighted by atomic mass is 9.85. The zero-order valence-electron chi connectivity index (χ0n) is 16.7. The summed E-state index contributed by atoms with van der Waals surface area (Å²) in [5, 5.41) is 9.51. The van der Waals surface area contributed by atoms with Crippen LogP contribution in [0.1, 0.15) is 45.1 Å². The molecule has 2 atom stereocenters. The number of rotatable bonds is 6. The van der Waals surface area contributed by atoms with Gasteiger partial charge in [0, 0.05) is 37.7 Å². The van der Waals surface area contributed by atoms with Crippen molar-refractivity contribution in [1.82, 2.24) is 16.0 Å². The highest BCUT2D eigenvalue weighted by Gasteiger charge is 2.27. The predicted octanol–water partition coefficient (Wildman–Crippen LogP) is 3.37. The summed E-state index contributed by atoms with van der Waals surface area (Å²) in [4.78, 5) is 16.5. The zero-order valence-corrected chi connectivity index (χ0v) is 19.1. The van der Waals surface area contributed by atoms with E-state index in [1.54, 1.807) is 7.05 Å².